The van der Waals surface area contributed by atoms with Crippen LogP contribution in [0.1, 0.15) is 36.6 Å². The maximum absolute atomic E-state index is 11.3. The zero-order valence-corrected chi connectivity index (χ0v) is 17.2. The van der Waals surface area contributed by atoms with Crippen LogP contribution < -0.4 is 15.4 Å². The van der Waals surface area contributed by atoms with Crippen molar-refractivity contribution in [2.24, 2.45) is 0 Å². The third kappa shape index (κ3) is 6.31. The number of nitrogens with zero attached hydrogens (tertiary/aromatic N) is 1. The van der Waals surface area contributed by atoms with Crippen molar-refractivity contribution in [2.75, 3.05) is 5.32 Å². The molecule has 5 nitrogen and oxygen atoms in total. The highest BCUT2D eigenvalue weighted by Gasteiger charge is 2.10. The second-order valence-corrected chi connectivity index (χ2v) is 7.25. The Balaban J connectivity index is 1.66. The molecule has 1 unspecified atom stereocenters. The Bertz CT molecular complexity index is 963. The number of benzene rings is 2. The minimum Gasteiger partial charge on any atom is -0.489 e. The molecule has 0 fully saturated rings. The van der Waals surface area contributed by atoms with Crippen molar-refractivity contribution in [3.63, 3.8) is 0 Å². The molecular formula is C23H24ClN3O2. The van der Waals surface area contributed by atoms with Crippen LogP contribution in [0.4, 0.5) is 5.69 Å². The van der Waals surface area contributed by atoms with Crippen molar-refractivity contribution in [1.82, 2.24) is 10.3 Å². The van der Waals surface area contributed by atoms with Crippen LogP contribution in [0.15, 0.2) is 67.0 Å². The Labute approximate surface area is 176 Å². The zero-order valence-electron chi connectivity index (χ0n) is 16.5. The molecular weight excluding hydrogens is 386 g/mol. The van der Waals surface area contributed by atoms with Crippen LogP contribution in [0.25, 0.3) is 0 Å². The van der Waals surface area contributed by atoms with Gasteiger partial charge in [-0.3, -0.25) is 9.78 Å². The standard InChI is InChI=1S/C23H24ClN3O2/c1-16(19-6-3-7-22(12-19)27-17(2)28)26-14-20-11-21(24)8-9-23(20)29-15-18-5-4-10-25-13-18/h3-13,16,26H,14-15H2,1-2H3,(H,27,28). The predicted octanol–water partition coefficient (Wildman–Crippen LogP) is 5.12. The van der Waals surface area contributed by atoms with Crippen molar-refractivity contribution in [3.8, 4) is 5.75 Å². The average Bonchev–Trinajstić information content (AvgIpc) is 2.71. The molecule has 1 aromatic heterocycles. The van der Waals surface area contributed by atoms with Gasteiger partial charge in [-0.1, -0.05) is 29.8 Å². The first-order valence-corrected chi connectivity index (χ1v) is 9.80. The lowest BCUT2D eigenvalue weighted by molar-refractivity contribution is -0.114. The van der Waals surface area contributed by atoms with E-state index in [2.05, 4.69) is 22.5 Å². The summed E-state index contributed by atoms with van der Waals surface area (Å²) in [6.07, 6.45) is 3.53. The molecule has 0 saturated carbocycles. The Morgan fingerprint density at radius 2 is 2.03 bits per heavy atom. The van der Waals surface area contributed by atoms with Crippen molar-refractivity contribution in [2.45, 2.75) is 33.0 Å². The van der Waals surface area contributed by atoms with Crippen LogP contribution in [0.3, 0.4) is 0 Å². The molecule has 2 aromatic carbocycles. The third-order valence-corrected chi connectivity index (χ3v) is 4.68. The van der Waals surface area contributed by atoms with Gasteiger partial charge in [0.05, 0.1) is 0 Å². The van der Waals surface area contributed by atoms with Crippen LogP contribution in [-0.4, -0.2) is 10.9 Å². The highest BCUT2D eigenvalue weighted by atomic mass is 35.5. The van der Waals surface area contributed by atoms with E-state index in [0.717, 1.165) is 28.1 Å². The van der Waals surface area contributed by atoms with Crippen LogP contribution in [-0.2, 0) is 17.9 Å². The summed E-state index contributed by atoms with van der Waals surface area (Å²) in [4.78, 5) is 15.4. The van der Waals surface area contributed by atoms with Gasteiger partial charge in [-0.15, -0.1) is 0 Å². The number of nitrogens with one attached hydrogen (secondary N) is 2. The molecule has 0 aliphatic rings. The van der Waals surface area contributed by atoms with Gasteiger partial charge in [0.1, 0.15) is 12.4 Å². The third-order valence-electron chi connectivity index (χ3n) is 4.45. The second kappa shape index (κ2) is 10.0. The molecule has 6 heteroatoms. The van der Waals surface area contributed by atoms with Gasteiger partial charge in [0.2, 0.25) is 5.91 Å². The molecule has 0 aliphatic carbocycles. The fraction of sp³-hybridized carbons (Fsp3) is 0.217. The minimum absolute atomic E-state index is 0.0777. The molecule has 2 N–H and O–H groups in total. The van der Waals surface area contributed by atoms with Gasteiger partial charge in [-0.05, 0) is 48.9 Å². The number of hydrogen-bond donors (Lipinski definition) is 2. The molecule has 150 valence electrons. The number of anilines is 1. The summed E-state index contributed by atoms with van der Waals surface area (Å²) in [6, 6.07) is 17.4. The predicted molar refractivity (Wildman–Crippen MR) is 116 cm³/mol. The Morgan fingerprint density at radius 3 is 2.79 bits per heavy atom. The van der Waals surface area contributed by atoms with Crippen LogP contribution >= 0.6 is 11.6 Å². The monoisotopic (exact) mass is 409 g/mol. The molecule has 1 amide bonds. The summed E-state index contributed by atoms with van der Waals surface area (Å²) in [6.45, 7) is 4.61. The molecule has 0 bridgehead atoms. The quantitative estimate of drug-likeness (QED) is 0.541. The van der Waals surface area contributed by atoms with Gasteiger partial charge in [0.15, 0.2) is 0 Å². The maximum Gasteiger partial charge on any atom is 0.221 e. The number of aromatic nitrogens is 1. The molecule has 1 atom stereocenters. The maximum atomic E-state index is 11.3. The number of halogens is 1. The topological polar surface area (TPSA) is 63.2 Å². The highest BCUT2D eigenvalue weighted by Crippen LogP contribution is 2.25. The fourth-order valence-electron chi connectivity index (χ4n) is 2.94. The normalized spacial score (nSPS) is 11.7. The summed E-state index contributed by atoms with van der Waals surface area (Å²) in [5, 5.41) is 6.97. The van der Waals surface area contributed by atoms with Crippen molar-refractivity contribution < 1.29 is 9.53 Å². The highest BCUT2D eigenvalue weighted by molar-refractivity contribution is 6.30. The summed E-state index contributed by atoms with van der Waals surface area (Å²) in [7, 11) is 0. The number of pyridine rings is 1. The Morgan fingerprint density at radius 1 is 1.17 bits per heavy atom. The van der Waals surface area contributed by atoms with Crippen molar-refractivity contribution in [1.29, 1.82) is 0 Å². The van der Waals surface area contributed by atoms with E-state index >= 15 is 0 Å². The number of carbonyl (C=O) groups excluding carboxylic acids is 1. The van der Waals surface area contributed by atoms with E-state index in [1.807, 2.05) is 54.6 Å². The average molecular weight is 410 g/mol. The Hall–Kier alpha value is -2.89. The number of carbonyl (C=O) groups is 1. The lowest BCUT2D eigenvalue weighted by Gasteiger charge is -2.18. The van der Waals surface area contributed by atoms with Gasteiger partial charge in [-0.2, -0.15) is 0 Å². The molecule has 3 rings (SSSR count). The van der Waals surface area contributed by atoms with Crippen LogP contribution in [0.5, 0.6) is 5.75 Å². The van der Waals surface area contributed by atoms with E-state index < -0.39 is 0 Å². The van der Waals surface area contributed by atoms with E-state index in [-0.39, 0.29) is 11.9 Å². The number of hydrogen-bond acceptors (Lipinski definition) is 4. The van der Waals surface area contributed by atoms with Crippen LogP contribution in [0.2, 0.25) is 5.02 Å². The van der Waals surface area contributed by atoms with Gasteiger partial charge in [0, 0.05) is 53.7 Å². The summed E-state index contributed by atoms with van der Waals surface area (Å²) in [5.74, 6) is 0.696. The number of ether oxygens (including phenoxy) is 1. The first-order valence-electron chi connectivity index (χ1n) is 9.42. The molecule has 0 spiro atoms. The minimum atomic E-state index is -0.0860. The van der Waals surface area contributed by atoms with Crippen LogP contribution in [0, 0.1) is 0 Å². The van der Waals surface area contributed by atoms with Gasteiger partial charge >= 0.3 is 0 Å². The van der Waals surface area contributed by atoms with E-state index in [9.17, 15) is 4.79 Å². The second-order valence-electron chi connectivity index (χ2n) is 6.81. The fourth-order valence-corrected chi connectivity index (χ4v) is 3.14. The summed E-state index contributed by atoms with van der Waals surface area (Å²) < 4.78 is 5.99. The van der Waals surface area contributed by atoms with E-state index in [1.165, 1.54) is 6.92 Å². The first kappa shape index (κ1) is 20.8. The van der Waals surface area contributed by atoms with Gasteiger partial charge < -0.3 is 15.4 Å². The molecule has 29 heavy (non-hydrogen) atoms. The first-order chi connectivity index (χ1) is 14.0. The summed E-state index contributed by atoms with van der Waals surface area (Å²) >= 11 is 6.20. The zero-order chi connectivity index (χ0) is 20.6. The Kier molecular flexibility index (Phi) is 7.22. The van der Waals surface area contributed by atoms with Crippen molar-refractivity contribution >= 4 is 23.2 Å². The summed E-state index contributed by atoms with van der Waals surface area (Å²) in [5.41, 5.74) is 3.85. The molecule has 0 saturated heterocycles. The van der Waals surface area contributed by atoms with Gasteiger partial charge in [0.25, 0.3) is 0 Å². The smallest absolute Gasteiger partial charge is 0.221 e. The van der Waals surface area contributed by atoms with Crippen molar-refractivity contribution in [3.05, 3.63) is 88.7 Å². The van der Waals surface area contributed by atoms with Gasteiger partial charge in [-0.25, -0.2) is 0 Å². The molecule has 0 aliphatic heterocycles. The van der Waals surface area contributed by atoms with E-state index in [0.29, 0.717) is 18.2 Å². The van der Waals surface area contributed by atoms with E-state index in [4.69, 9.17) is 16.3 Å². The number of amides is 1. The lowest BCUT2D eigenvalue weighted by Crippen LogP contribution is -2.19. The van der Waals surface area contributed by atoms with E-state index in [1.54, 1.807) is 12.4 Å². The SMILES string of the molecule is CC(=O)Nc1cccc(C(C)NCc2cc(Cl)ccc2OCc2cccnc2)c1. The number of rotatable bonds is 8. The largest absolute Gasteiger partial charge is 0.489 e. The lowest BCUT2D eigenvalue weighted by atomic mass is 10.1. The molecule has 0 radical (unpaired) electrons. The molecule has 3 aromatic rings. The molecule has 1 heterocycles.